The van der Waals surface area contributed by atoms with Gasteiger partial charge in [0, 0.05) is 6.08 Å². The molecule has 0 aromatic heterocycles. The van der Waals surface area contributed by atoms with Crippen LogP contribution >= 0.6 is 0 Å². The Morgan fingerprint density at radius 3 is 2.59 bits per heavy atom. The first kappa shape index (κ1) is 20.3. The Labute approximate surface area is 158 Å². The second-order valence-corrected chi connectivity index (χ2v) is 5.75. The molecule has 2 aromatic carbocycles. The zero-order valence-electron chi connectivity index (χ0n) is 15.8. The van der Waals surface area contributed by atoms with Crippen molar-refractivity contribution in [2.75, 3.05) is 26.1 Å². The minimum Gasteiger partial charge on any atom is -0.493 e. The highest BCUT2D eigenvalue weighted by Crippen LogP contribution is 2.29. The maximum atomic E-state index is 14.1. The lowest BCUT2D eigenvalue weighted by Gasteiger charge is -2.12. The van der Waals surface area contributed by atoms with Gasteiger partial charge in [-0.3, -0.25) is 4.79 Å². The van der Waals surface area contributed by atoms with E-state index in [1.165, 1.54) is 19.3 Å². The Balaban J connectivity index is 2.10. The molecule has 0 aliphatic heterocycles. The second kappa shape index (κ2) is 10.2. The molecule has 0 atom stereocenters. The molecule has 0 radical (unpaired) electrons. The zero-order valence-corrected chi connectivity index (χ0v) is 15.8. The SMILES string of the molecule is CCCCOc1cccc(F)c1NC(=O)/C=C/c1ccc(OC)c(OC)c1. The number of benzene rings is 2. The molecular formula is C21H24FNO4. The van der Waals surface area contributed by atoms with Crippen LogP contribution in [0.5, 0.6) is 17.2 Å². The van der Waals surface area contributed by atoms with Gasteiger partial charge in [0.15, 0.2) is 17.3 Å². The summed E-state index contributed by atoms with van der Waals surface area (Å²) in [6.45, 7) is 2.50. The Morgan fingerprint density at radius 1 is 1.11 bits per heavy atom. The predicted octanol–water partition coefficient (Wildman–Crippen LogP) is 4.67. The molecular weight excluding hydrogens is 349 g/mol. The van der Waals surface area contributed by atoms with Crippen LogP contribution in [0.4, 0.5) is 10.1 Å². The fourth-order valence-corrected chi connectivity index (χ4v) is 2.37. The number of nitrogens with one attached hydrogen (secondary N) is 1. The highest BCUT2D eigenvalue weighted by atomic mass is 19.1. The third-order valence-corrected chi connectivity index (χ3v) is 3.81. The molecule has 1 amide bonds. The smallest absolute Gasteiger partial charge is 0.248 e. The van der Waals surface area contributed by atoms with Gasteiger partial charge in [-0.05, 0) is 42.3 Å². The fraction of sp³-hybridized carbons (Fsp3) is 0.286. The Bertz CT molecular complexity index is 805. The molecule has 0 saturated heterocycles. The van der Waals surface area contributed by atoms with Crippen LogP contribution in [-0.4, -0.2) is 26.7 Å². The van der Waals surface area contributed by atoms with Crippen molar-refractivity contribution >= 4 is 17.7 Å². The Kier molecular flexibility index (Phi) is 7.67. The van der Waals surface area contributed by atoms with E-state index in [-0.39, 0.29) is 5.69 Å². The summed E-state index contributed by atoms with van der Waals surface area (Å²) >= 11 is 0. The predicted molar refractivity (Wildman–Crippen MR) is 104 cm³/mol. The first-order chi connectivity index (χ1) is 13.1. The second-order valence-electron chi connectivity index (χ2n) is 5.75. The quantitative estimate of drug-likeness (QED) is 0.512. The minimum absolute atomic E-state index is 0.0376. The monoisotopic (exact) mass is 373 g/mol. The lowest BCUT2D eigenvalue weighted by molar-refractivity contribution is -0.111. The van der Waals surface area contributed by atoms with E-state index in [1.54, 1.807) is 43.5 Å². The number of anilines is 1. The number of unbranched alkanes of at least 4 members (excludes halogenated alkanes) is 1. The summed E-state index contributed by atoms with van der Waals surface area (Å²) in [6, 6.07) is 9.73. The van der Waals surface area contributed by atoms with Crippen LogP contribution in [0, 0.1) is 5.82 Å². The summed E-state index contributed by atoms with van der Waals surface area (Å²) in [6.07, 6.45) is 4.74. The largest absolute Gasteiger partial charge is 0.493 e. The summed E-state index contributed by atoms with van der Waals surface area (Å²) in [5.74, 6) is 0.462. The van der Waals surface area contributed by atoms with E-state index >= 15 is 0 Å². The van der Waals surface area contributed by atoms with Gasteiger partial charge in [-0.25, -0.2) is 4.39 Å². The van der Waals surface area contributed by atoms with Crippen LogP contribution < -0.4 is 19.5 Å². The summed E-state index contributed by atoms with van der Waals surface area (Å²) in [7, 11) is 3.09. The standard InChI is InChI=1S/C21H24FNO4/c1-4-5-13-27-18-8-6-7-16(22)21(18)23-20(24)12-10-15-9-11-17(25-2)19(14-15)26-3/h6-12,14H,4-5,13H2,1-3H3,(H,23,24)/b12-10+. The zero-order chi connectivity index (χ0) is 19.6. The summed E-state index contributed by atoms with van der Waals surface area (Å²) in [5, 5.41) is 2.55. The van der Waals surface area contributed by atoms with Crippen LogP contribution in [0.3, 0.4) is 0 Å². The number of ether oxygens (including phenoxy) is 3. The molecule has 6 heteroatoms. The van der Waals surface area contributed by atoms with Crippen LogP contribution in [0.2, 0.25) is 0 Å². The number of methoxy groups -OCH3 is 2. The normalized spacial score (nSPS) is 10.7. The van der Waals surface area contributed by atoms with Crippen molar-refractivity contribution in [2.45, 2.75) is 19.8 Å². The van der Waals surface area contributed by atoms with Gasteiger partial charge in [-0.1, -0.05) is 25.5 Å². The van der Waals surface area contributed by atoms with Crippen molar-refractivity contribution < 1.29 is 23.4 Å². The summed E-state index contributed by atoms with van der Waals surface area (Å²) in [4.78, 5) is 12.2. The van der Waals surface area contributed by atoms with Crippen molar-refractivity contribution in [3.05, 3.63) is 53.9 Å². The van der Waals surface area contributed by atoms with E-state index in [2.05, 4.69) is 5.32 Å². The average Bonchev–Trinajstić information content (AvgIpc) is 2.68. The molecule has 5 nitrogen and oxygen atoms in total. The van der Waals surface area contributed by atoms with Crippen LogP contribution in [0.25, 0.3) is 6.08 Å². The maximum absolute atomic E-state index is 14.1. The summed E-state index contributed by atoms with van der Waals surface area (Å²) in [5.41, 5.74) is 0.784. The van der Waals surface area contributed by atoms with Crippen LogP contribution in [0.1, 0.15) is 25.3 Å². The number of amides is 1. The first-order valence-corrected chi connectivity index (χ1v) is 8.71. The molecule has 27 heavy (non-hydrogen) atoms. The molecule has 1 N–H and O–H groups in total. The Hall–Kier alpha value is -3.02. The van der Waals surface area contributed by atoms with Crippen molar-refractivity contribution in [1.82, 2.24) is 0 Å². The van der Waals surface area contributed by atoms with Crippen molar-refractivity contribution in [2.24, 2.45) is 0 Å². The van der Waals surface area contributed by atoms with Crippen molar-refractivity contribution in [1.29, 1.82) is 0 Å². The lowest BCUT2D eigenvalue weighted by Crippen LogP contribution is -2.11. The molecule has 0 unspecified atom stereocenters. The molecule has 0 spiro atoms. The lowest BCUT2D eigenvalue weighted by atomic mass is 10.2. The van der Waals surface area contributed by atoms with Crippen LogP contribution in [-0.2, 0) is 4.79 Å². The molecule has 2 aromatic rings. The van der Waals surface area contributed by atoms with Gasteiger partial charge < -0.3 is 19.5 Å². The minimum atomic E-state index is -0.545. The van der Waals surface area contributed by atoms with E-state index in [1.807, 2.05) is 6.92 Å². The van der Waals surface area contributed by atoms with Gasteiger partial charge in [-0.15, -0.1) is 0 Å². The third kappa shape index (κ3) is 5.74. The van der Waals surface area contributed by atoms with Gasteiger partial charge in [0.2, 0.25) is 5.91 Å². The number of hydrogen-bond acceptors (Lipinski definition) is 4. The molecule has 0 saturated carbocycles. The van der Waals surface area contributed by atoms with E-state index in [9.17, 15) is 9.18 Å². The number of hydrogen-bond donors (Lipinski definition) is 1. The molecule has 144 valence electrons. The first-order valence-electron chi connectivity index (χ1n) is 8.71. The topological polar surface area (TPSA) is 56.8 Å². The molecule has 0 heterocycles. The van der Waals surface area contributed by atoms with E-state index in [0.29, 0.717) is 23.9 Å². The molecule has 0 fully saturated rings. The number of para-hydroxylation sites is 1. The number of carbonyl (C=O) groups is 1. The van der Waals surface area contributed by atoms with E-state index in [4.69, 9.17) is 14.2 Å². The highest BCUT2D eigenvalue weighted by molar-refractivity contribution is 6.02. The molecule has 2 rings (SSSR count). The van der Waals surface area contributed by atoms with Gasteiger partial charge in [0.25, 0.3) is 0 Å². The van der Waals surface area contributed by atoms with Gasteiger partial charge >= 0.3 is 0 Å². The van der Waals surface area contributed by atoms with E-state index < -0.39 is 11.7 Å². The van der Waals surface area contributed by atoms with E-state index in [0.717, 1.165) is 18.4 Å². The van der Waals surface area contributed by atoms with Gasteiger partial charge in [0.05, 0.1) is 20.8 Å². The van der Waals surface area contributed by atoms with Crippen molar-refractivity contribution in [3.8, 4) is 17.2 Å². The molecule has 0 aliphatic carbocycles. The number of halogens is 1. The highest BCUT2D eigenvalue weighted by Gasteiger charge is 2.12. The number of rotatable bonds is 9. The van der Waals surface area contributed by atoms with Crippen LogP contribution in [0.15, 0.2) is 42.5 Å². The fourth-order valence-electron chi connectivity index (χ4n) is 2.37. The average molecular weight is 373 g/mol. The van der Waals surface area contributed by atoms with Gasteiger partial charge in [0.1, 0.15) is 11.4 Å². The molecule has 0 bridgehead atoms. The maximum Gasteiger partial charge on any atom is 0.248 e. The summed E-state index contributed by atoms with van der Waals surface area (Å²) < 4.78 is 30.1. The van der Waals surface area contributed by atoms with Gasteiger partial charge in [-0.2, -0.15) is 0 Å². The molecule has 0 aliphatic rings. The Morgan fingerprint density at radius 2 is 1.89 bits per heavy atom. The number of carbonyl (C=O) groups excluding carboxylic acids is 1. The van der Waals surface area contributed by atoms with Crippen molar-refractivity contribution in [3.63, 3.8) is 0 Å². The third-order valence-electron chi connectivity index (χ3n) is 3.81.